The van der Waals surface area contributed by atoms with Crippen LogP contribution in [0.5, 0.6) is 0 Å². The number of amides is 1. The molecule has 1 fully saturated rings. The van der Waals surface area contributed by atoms with Gasteiger partial charge in [0.05, 0.1) is 6.04 Å². The topological polar surface area (TPSA) is 104 Å². The molecule has 0 spiro atoms. The lowest BCUT2D eigenvalue weighted by molar-refractivity contribution is -0.153. The Bertz CT molecular complexity index is 858. The normalized spacial score (nSPS) is 21.8. The van der Waals surface area contributed by atoms with Gasteiger partial charge >= 0.3 is 7.82 Å². The number of piperidine rings is 1. The second-order valence-electron chi connectivity index (χ2n) is 7.11. The van der Waals surface area contributed by atoms with Crippen LogP contribution in [0.15, 0.2) is 60.7 Å². The second-order valence-corrected chi connectivity index (χ2v) is 8.35. The first-order valence-corrected chi connectivity index (χ1v) is 10.9. The molecule has 154 valence electrons. The monoisotopic (exact) mass is 417 g/mol. The fraction of sp³-hybridized carbons (Fsp3) is 0.333. The number of carbonyl (C=O) groups is 2. The highest BCUT2D eigenvalue weighted by Crippen LogP contribution is 2.48. The summed E-state index contributed by atoms with van der Waals surface area (Å²) < 4.78 is 15.9. The molecule has 29 heavy (non-hydrogen) atoms. The van der Waals surface area contributed by atoms with Gasteiger partial charge in [0, 0.05) is 0 Å². The summed E-state index contributed by atoms with van der Waals surface area (Å²) in [4.78, 5) is 45.1. The van der Waals surface area contributed by atoms with Gasteiger partial charge < -0.3 is 19.5 Å². The zero-order valence-electron chi connectivity index (χ0n) is 16.0. The minimum atomic E-state index is -4.81. The van der Waals surface area contributed by atoms with Crippen LogP contribution in [-0.2, 0) is 24.1 Å². The molecule has 0 bridgehead atoms. The van der Waals surface area contributed by atoms with Crippen molar-refractivity contribution in [1.29, 1.82) is 0 Å². The summed E-state index contributed by atoms with van der Waals surface area (Å²) in [7, 11) is -4.81. The predicted molar refractivity (Wildman–Crippen MR) is 107 cm³/mol. The number of hydrogen-bond acceptors (Lipinski definition) is 4. The maximum atomic E-state index is 13.9. The van der Waals surface area contributed by atoms with E-state index in [1.807, 2.05) is 67.6 Å². The van der Waals surface area contributed by atoms with Crippen LogP contribution in [-0.4, -0.2) is 39.7 Å². The van der Waals surface area contributed by atoms with Gasteiger partial charge in [-0.1, -0.05) is 74.0 Å². The summed E-state index contributed by atoms with van der Waals surface area (Å²) in [5, 5.41) is 0. The molecule has 0 aliphatic carbocycles. The van der Waals surface area contributed by atoms with Crippen molar-refractivity contribution < 1.29 is 28.5 Å². The van der Waals surface area contributed by atoms with Crippen molar-refractivity contribution in [2.75, 3.05) is 6.73 Å². The zero-order chi connectivity index (χ0) is 21.1. The number of phosphoric acid groups is 1. The SMILES string of the molecule is CCC1CC(C=O)N(COP(=O)(O)O)C(=O)C1(c1ccccc1)c1ccccc1. The average molecular weight is 417 g/mol. The summed E-state index contributed by atoms with van der Waals surface area (Å²) in [6.45, 7) is 1.31. The lowest BCUT2D eigenvalue weighted by atomic mass is 9.60. The first kappa shape index (κ1) is 21.4. The van der Waals surface area contributed by atoms with Crippen molar-refractivity contribution >= 4 is 20.0 Å². The van der Waals surface area contributed by atoms with Crippen LogP contribution in [0.2, 0.25) is 0 Å². The minimum Gasteiger partial charge on any atom is -0.308 e. The van der Waals surface area contributed by atoms with E-state index < -0.39 is 31.9 Å². The molecule has 0 radical (unpaired) electrons. The van der Waals surface area contributed by atoms with Crippen molar-refractivity contribution in [3.63, 3.8) is 0 Å². The molecule has 0 aromatic heterocycles. The Morgan fingerprint density at radius 1 is 1.10 bits per heavy atom. The number of carbonyl (C=O) groups excluding carboxylic acids is 2. The van der Waals surface area contributed by atoms with E-state index in [1.54, 1.807) is 0 Å². The Kier molecular flexibility index (Phi) is 6.34. The highest BCUT2D eigenvalue weighted by Gasteiger charge is 2.55. The van der Waals surface area contributed by atoms with E-state index in [0.717, 1.165) is 16.0 Å². The standard InChI is InChI=1S/C21H24NO6P/c1-2-16-13-19(14-23)22(15-28-29(25,26)27)20(24)21(16,17-9-5-3-6-10-17)18-11-7-4-8-12-18/h3-12,14,16,19H,2,13,15H2,1H3,(H2,25,26,27). The number of aldehydes is 1. The molecule has 2 aromatic rings. The van der Waals surface area contributed by atoms with Gasteiger partial charge in [0.15, 0.2) is 0 Å². The quantitative estimate of drug-likeness (QED) is 0.530. The molecular weight excluding hydrogens is 393 g/mol. The summed E-state index contributed by atoms with van der Waals surface area (Å²) >= 11 is 0. The van der Waals surface area contributed by atoms with Crippen molar-refractivity contribution in [1.82, 2.24) is 4.90 Å². The van der Waals surface area contributed by atoms with Crippen molar-refractivity contribution in [3.05, 3.63) is 71.8 Å². The van der Waals surface area contributed by atoms with Gasteiger partial charge in [0.2, 0.25) is 5.91 Å². The molecule has 1 aliphatic heterocycles. The molecular formula is C21H24NO6P. The van der Waals surface area contributed by atoms with Crippen molar-refractivity contribution in [3.8, 4) is 0 Å². The van der Waals surface area contributed by atoms with Crippen LogP contribution in [0.4, 0.5) is 0 Å². The maximum Gasteiger partial charge on any atom is 0.471 e. The Morgan fingerprint density at radius 3 is 2.03 bits per heavy atom. The molecule has 2 N–H and O–H groups in total. The number of likely N-dealkylation sites (tertiary alicyclic amines) is 1. The Labute approximate surface area is 169 Å². The summed E-state index contributed by atoms with van der Waals surface area (Å²) in [6.07, 6.45) is 1.65. The van der Waals surface area contributed by atoms with E-state index in [0.29, 0.717) is 19.1 Å². The highest BCUT2D eigenvalue weighted by atomic mass is 31.2. The van der Waals surface area contributed by atoms with Gasteiger partial charge in [0.25, 0.3) is 0 Å². The third-order valence-corrected chi connectivity index (χ3v) is 6.06. The second kappa shape index (κ2) is 8.59. The lowest BCUT2D eigenvalue weighted by Gasteiger charge is -2.49. The molecule has 2 unspecified atom stereocenters. The van der Waals surface area contributed by atoms with Crippen LogP contribution in [0.1, 0.15) is 30.9 Å². The molecule has 7 nitrogen and oxygen atoms in total. The van der Waals surface area contributed by atoms with E-state index in [9.17, 15) is 14.2 Å². The van der Waals surface area contributed by atoms with E-state index in [4.69, 9.17) is 9.79 Å². The Hall–Kier alpha value is -2.31. The van der Waals surface area contributed by atoms with Gasteiger partial charge in [-0.2, -0.15) is 0 Å². The van der Waals surface area contributed by atoms with E-state index in [1.165, 1.54) is 0 Å². The van der Waals surface area contributed by atoms with Crippen LogP contribution in [0.25, 0.3) is 0 Å². The molecule has 1 saturated heterocycles. The van der Waals surface area contributed by atoms with Crippen molar-refractivity contribution in [2.24, 2.45) is 5.92 Å². The van der Waals surface area contributed by atoms with Gasteiger partial charge in [-0.3, -0.25) is 9.32 Å². The fourth-order valence-corrected chi connectivity index (χ4v) is 4.60. The van der Waals surface area contributed by atoms with Crippen LogP contribution >= 0.6 is 7.82 Å². The maximum absolute atomic E-state index is 13.9. The largest absolute Gasteiger partial charge is 0.471 e. The zero-order valence-corrected chi connectivity index (χ0v) is 16.9. The summed E-state index contributed by atoms with van der Waals surface area (Å²) in [5.74, 6) is -0.583. The van der Waals surface area contributed by atoms with Crippen LogP contribution < -0.4 is 0 Å². The van der Waals surface area contributed by atoms with Crippen LogP contribution in [0.3, 0.4) is 0 Å². The predicted octanol–water partition coefficient (Wildman–Crippen LogP) is 2.87. The molecule has 0 saturated carbocycles. The average Bonchev–Trinajstić information content (AvgIpc) is 2.72. The molecule has 1 heterocycles. The first-order valence-electron chi connectivity index (χ1n) is 9.42. The summed E-state index contributed by atoms with van der Waals surface area (Å²) in [6, 6.07) is 17.8. The molecule has 2 atom stereocenters. The van der Waals surface area contributed by atoms with Crippen molar-refractivity contribution in [2.45, 2.75) is 31.2 Å². The Balaban J connectivity index is 2.20. The number of nitrogens with zero attached hydrogens (tertiary/aromatic N) is 1. The third-order valence-electron chi connectivity index (χ3n) is 5.61. The van der Waals surface area contributed by atoms with E-state index >= 15 is 0 Å². The van der Waals surface area contributed by atoms with E-state index in [-0.39, 0.29) is 5.92 Å². The first-order chi connectivity index (χ1) is 13.8. The lowest BCUT2D eigenvalue weighted by Crippen LogP contribution is -2.61. The molecule has 1 aliphatic rings. The van der Waals surface area contributed by atoms with Crippen LogP contribution in [0, 0.1) is 5.92 Å². The van der Waals surface area contributed by atoms with Gasteiger partial charge in [0.1, 0.15) is 18.4 Å². The number of rotatable bonds is 7. The van der Waals surface area contributed by atoms with E-state index in [2.05, 4.69) is 4.52 Å². The molecule has 8 heteroatoms. The third kappa shape index (κ3) is 4.05. The highest BCUT2D eigenvalue weighted by molar-refractivity contribution is 7.46. The van der Waals surface area contributed by atoms with Gasteiger partial charge in [-0.05, 0) is 23.5 Å². The Morgan fingerprint density at radius 2 is 1.62 bits per heavy atom. The number of phosphoric ester groups is 1. The molecule has 1 amide bonds. The fourth-order valence-electron chi connectivity index (χ4n) is 4.33. The number of hydrogen-bond donors (Lipinski definition) is 2. The van der Waals surface area contributed by atoms with Gasteiger partial charge in [-0.25, -0.2) is 4.57 Å². The van der Waals surface area contributed by atoms with Gasteiger partial charge in [-0.15, -0.1) is 0 Å². The molecule has 3 rings (SSSR count). The number of benzene rings is 2. The smallest absolute Gasteiger partial charge is 0.308 e. The summed E-state index contributed by atoms with van der Waals surface area (Å²) in [5.41, 5.74) is 0.455. The minimum absolute atomic E-state index is 0.179. The molecule has 2 aromatic carbocycles.